The van der Waals surface area contributed by atoms with Gasteiger partial charge in [0, 0.05) is 0 Å². The quantitative estimate of drug-likeness (QED) is 0.223. The Morgan fingerprint density at radius 2 is 0.633 bits per heavy atom. The van der Waals surface area contributed by atoms with Gasteiger partial charge in [-0.25, -0.2) is 0 Å². The Morgan fingerprint density at radius 3 is 0.820 bits per heavy atom. The number of halogens is 30. The highest BCUT2D eigenvalue weighted by Gasteiger charge is 2.73. The van der Waals surface area contributed by atoms with E-state index in [0.29, 0.717) is 71.5 Å². The van der Waals surface area contributed by atoms with Crippen molar-refractivity contribution in [3.8, 4) is 0 Å². The zero-order valence-electron chi connectivity index (χ0n) is 94.2. The molecule has 0 heterocycles. The number of hydrogen-bond donors (Lipinski definition) is 0. The van der Waals surface area contributed by atoms with Crippen LogP contribution in [0.4, 0.5) is 132 Å². The minimum absolute atomic E-state index is 0.00382. The van der Waals surface area contributed by atoms with E-state index >= 15 is 0 Å². The van der Waals surface area contributed by atoms with Crippen LogP contribution in [-0.2, 0) is 0 Å². The second-order valence-corrected chi connectivity index (χ2v) is 52.3. The molecule has 0 aliphatic heterocycles. The van der Waals surface area contributed by atoms with E-state index in [1.165, 1.54) is 66.7 Å². The van der Waals surface area contributed by atoms with E-state index in [1.54, 1.807) is 62.3 Å². The molecule has 139 heavy (non-hydrogen) atoms. The van der Waals surface area contributed by atoms with Crippen molar-refractivity contribution in [2.24, 2.45) is 177 Å². The third kappa shape index (κ3) is 44.5. The molecule has 8 fully saturated rings. The smallest absolute Gasteiger partial charge is 0.171 e. The van der Waals surface area contributed by atoms with Gasteiger partial charge in [0.2, 0.25) is 0 Å². The van der Waals surface area contributed by atoms with Gasteiger partial charge in [-0.15, -0.1) is 0 Å². The van der Waals surface area contributed by atoms with Gasteiger partial charge in [-0.05, 0) is 234 Å². The second kappa shape index (κ2) is 54.1. The summed E-state index contributed by atoms with van der Waals surface area (Å²) in [4.78, 5) is 0. The molecule has 2 bridgehead atoms. The first-order chi connectivity index (χ1) is 60.6. The zero-order chi connectivity index (χ0) is 113. The Balaban J connectivity index is -0.000000471. The van der Waals surface area contributed by atoms with Crippen molar-refractivity contribution in [2.75, 3.05) is 0 Å². The first kappa shape index (κ1) is 145. The van der Waals surface area contributed by atoms with Gasteiger partial charge in [-0.2, -0.15) is 132 Å². The molecule has 9 atom stereocenters. The summed E-state index contributed by atoms with van der Waals surface area (Å²) in [6.07, 6.45) is -32.9. The van der Waals surface area contributed by atoms with Gasteiger partial charge in [0.15, 0.2) is 10.8 Å². The summed E-state index contributed by atoms with van der Waals surface area (Å²) in [6.45, 7) is 86.5. The van der Waals surface area contributed by atoms with E-state index in [1.807, 2.05) is 48.5 Å². The predicted molar refractivity (Wildman–Crippen MR) is 515 cm³/mol. The van der Waals surface area contributed by atoms with Crippen LogP contribution >= 0.6 is 0 Å². The lowest BCUT2D eigenvalue weighted by Crippen LogP contribution is -2.55. The third-order valence-electron chi connectivity index (χ3n) is 37.2. The molecular formula is C109H198F30. The van der Waals surface area contributed by atoms with Crippen molar-refractivity contribution in [1.82, 2.24) is 0 Å². The Kier molecular flexibility index (Phi) is 56.5. The van der Waals surface area contributed by atoms with Gasteiger partial charge >= 0.3 is 61.8 Å². The molecule has 0 nitrogen and oxygen atoms in total. The van der Waals surface area contributed by atoms with Crippen LogP contribution in [0.15, 0.2) is 0 Å². The highest BCUT2D eigenvalue weighted by Crippen LogP contribution is 2.63. The van der Waals surface area contributed by atoms with Crippen LogP contribution in [0.25, 0.3) is 0 Å². The topological polar surface area (TPSA) is 0 Å². The lowest BCUT2D eigenvalue weighted by Gasteiger charge is -2.49. The molecule has 8 rings (SSSR count). The van der Waals surface area contributed by atoms with E-state index in [4.69, 9.17) is 0 Å². The minimum atomic E-state index is -5.20. The summed E-state index contributed by atoms with van der Waals surface area (Å²) in [6, 6.07) is 0. The van der Waals surface area contributed by atoms with Crippen molar-refractivity contribution < 1.29 is 132 Å². The van der Waals surface area contributed by atoms with E-state index in [9.17, 15) is 132 Å². The fourth-order valence-electron chi connectivity index (χ4n) is 17.7. The first-order valence-corrected chi connectivity index (χ1v) is 51.3. The van der Waals surface area contributed by atoms with Crippen LogP contribution in [0, 0.1) is 177 Å². The summed E-state index contributed by atoms with van der Waals surface area (Å²) in [7, 11) is 0. The van der Waals surface area contributed by atoms with Gasteiger partial charge in [-0.1, -0.05) is 356 Å². The standard InChI is InChI=1S/C10H19F3.C10H18.2C10H22.2C9H12F6.C9H15F3.C9H17F3.C9H20.2C8H13F3.C8H15F3/c1-7(2)8(3,4)9(5,6)10(11,12)13;1-8-7-9-3-5-10(8,2)6-4-9;2*1-8(2)10(6,7)9(3,4)5;1-6-2-4-7(5-3-6,8(10,11)12)9(13,14)15;1-6-4-2-3-5-7(6,8(10,11)12)9(13,14)15;1-6-4-3-5-8(7(6)2)9(10,11)12;1-6(2)8(4,5)7(3)9(10,11)12;1-7(2)8(3)9(4,5)6;1-6-2-4-7(5-3-6)8(9,10)11;1-6-3-2-4-7(5-6)8(9,10)11;1-6(2,3)7(4,5)8(9,10)11/h7H,1-6H3;8-9H,3-7H2,1-2H3;2*8H,1-7H3;2*6H,2-5H2,1H3;6-8H,3-5H2,1-2H3;6-7H,1-5H3;7-8H,1-6H3;2*6-7H,2-5H2,1H3;1-5H3/t;8-,9?,10?;;;;6-;6?,7-,8?;;8-;;6-,7?;/m.0...11.1.1./s1. The Labute approximate surface area is 825 Å². The van der Waals surface area contributed by atoms with Crippen molar-refractivity contribution in [1.29, 1.82) is 0 Å². The van der Waals surface area contributed by atoms with Crippen LogP contribution in [0.2, 0.25) is 0 Å². The molecule has 844 valence electrons. The largest absolute Gasteiger partial charge is 0.403 e. The van der Waals surface area contributed by atoms with Crippen LogP contribution < -0.4 is 0 Å². The predicted octanol–water partition coefficient (Wildman–Crippen LogP) is 44.7. The molecule has 8 saturated carbocycles. The fourth-order valence-corrected chi connectivity index (χ4v) is 17.7. The van der Waals surface area contributed by atoms with Crippen LogP contribution in [-0.4, -0.2) is 61.8 Å². The van der Waals surface area contributed by atoms with Gasteiger partial charge in [0.05, 0.1) is 34.5 Å². The van der Waals surface area contributed by atoms with Crippen molar-refractivity contribution in [3.05, 3.63) is 0 Å². The van der Waals surface area contributed by atoms with E-state index in [0.717, 1.165) is 86.4 Å². The average Bonchev–Trinajstić information content (AvgIpc) is 0.746. The van der Waals surface area contributed by atoms with E-state index < -0.39 is 149 Å². The molecule has 0 aromatic carbocycles. The van der Waals surface area contributed by atoms with Gasteiger partial charge in [-0.3, -0.25) is 0 Å². The molecule has 8 aliphatic rings. The van der Waals surface area contributed by atoms with E-state index in [2.05, 4.69) is 152 Å². The molecular weight excluding hydrogens is 1880 g/mol. The number of alkyl halides is 30. The Hall–Kier alpha value is -2.10. The molecule has 0 N–H and O–H groups in total. The second-order valence-electron chi connectivity index (χ2n) is 52.3. The SMILES string of the molecule is CC(C)(C)C(C)(C)C(F)(F)F.CC(C)C(C)(C)C(C)(C)C.CC(C)C(C)(C)C(C)(C)C.CC(C)C(C)(C)C(C)(C)C(F)(F)F.CC(C)C(C)(C)C(C)C(F)(F)F.CC(C)[C@@H](C)C(C)(C)C.CC1CCC(C(F)(F)F)(C(F)(F)F)CC1.CC1CCC(C(F)(F)F)CC1.CC1CCCC(C(F)(F)F)[C@@H]1C.C[C@@H]1CCCC(C(F)(F)F)C1.C[C@@H]1CCCCC1(C(F)(F)F)C(F)(F)F.C[C@H]1CC2CCC1(C)CC2. The monoisotopic (exact) mass is 2080 g/mol. The third-order valence-corrected chi connectivity index (χ3v) is 37.2. The van der Waals surface area contributed by atoms with Crippen molar-refractivity contribution in [3.63, 3.8) is 0 Å². The first-order valence-electron chi connectivity index (χ1n) is 51.3. The Morgan fingerprint density at radius 1 is 0.281 bits per heavy atom. The Bertz CT molecular complexity index is 3170. The lowest BCUT2D eigenvalue weighted by molar-refractivity contribution is -0.364. The van der Waals surface area contributed by atoms with E-state index in [-0.39, 0.29) is 61.2 Å². The van der Waals surface area contributed by atoms with Crippen molar-refractivity contribution >= 4 is 0 Å². The molecule has 0 aromatic rings. The molecule has 0 spiro atoms. The summed E-state index contributed by atoms with van der Waals surface area (Å²) < 4.78 is 372. The maximum Gasteiger partial charge on any atom is 0.403 e. The fraction of sp³-hybridized carbons (Fsp3) is 1.00. The van der Waals surface area contributed by atoms with Crippen LogP contribution in [0.3, 0.4) is 0 Å². The molecule has 0 radical (unpaired) electrons. The molecule has 0 amide bonds. The minimum Gasteiger partial charge on any atom is -0.171 e. The number of fused-ring (bicyclic) bond motifs is 3. The average molecular weight is 2080 g/mol. The molecule has 0 saturated heterocycles. The summed E-state index contributed by atoms with van der Waals surface area (Å²) in [5.74, 6) is 0.316. The maximum absolute atomic E-state index is 12.7. The van der Waals surface area contributed by atoms with Crippen LogP contribution in [0.1, 0.15) is 459 Å². The summed E-state index contributed by atoms with van der Waals surface area (Å²) >= 11 is 0. The normalized spacial score (nSPS) is 25.3. The van der Waals surface area contributed by atoms with Gasteiger partial charge in [0.25, 0.3) is 0 Å². The lowest BCUT2D eigenvalue weighted by atomic mass is 9.57. The zero-order valence-corrected chi connectivity index (χ0v) is 94.2. The maximum atomic E-state index is 12.7. The van der Waals surface area contributed by atoms with Gasteiger partial charge < -0.3 is 0 Å². The molecule has 8 aliphatic carbocycles. The molecule has 4 unspecified atom stereocenters. The summed E-state index contributed by atoms with van der Waals surface area (Å²) in [5, 5.41) is 0. The highest BCUT2D eigenvalue weighted by molar-refractivity contribution is 5.01. The number of hydrogen-bond acceptors (Lipinski definition) is 0. The van der Waals surface area contributed by atoms with Crippen molar-refractivity contribution in [2.45, 2.75) is 521 Å². The molecule has 0 aromatic heterocycles. The molecule has 30 heteroatoms. The summed E-state index contributed by atoms with van der Waals surface area (Å²) in [5.41, 5.74) is -9.46. The number of rotatable bonds is 7. The van der Waals surface area contributed by atoms with Crippen LogP contribution in [0.5, 0.6) is 0 Å². The highest BCUT2D eigenvalue weighted by atomic mass is 19.5. The van der Waals surface area contributed by atoms with Gasteiger partial charge in [0.1, 0.15) is 0 Å².